The van der Waals surface area contributed by atoms with Crippen molar-refractivity contribution in [3.63, 3.8) is 0 Å². The molecular formula is C23H30N3O2+. The third kappa shape index (κ3) is 5.20. The van der Waals surface area contributed by atoms with Crippen LogP contribution in [0.15, 0.2) is 48.5 Å². The highest BCUT2D eigenvalue weighted by Gasteiger charge is 2.23. The van der Waals surface area contributed by atoms with Crippen molar-refractivity contribution in [2.45, 2.75) is 38.6 Å². The van der Waals surface area contributed by atoms with Gasteiger partial charge in [0.15, 0.2) is 13.1 Å². The lowest BCUT2D eigenvalue weighted by atomic mass is 9.88. The molecule has 0 spiro atoms. The highest BCUT2D eigenvalue weighted by atomic mass is 16.2. The van der Waals surface area contributed by atoms with Crippen molar-refractivity contribution in [3.05, 3.63) is 65.2 Å². The van der Waals surface area contributed by atoms with Crippen LogP contribution in [0.2, 0.25) is 0 Å². The van der Waals surface area contributed by atoms with Crippen molar-refractivity contribution in [2.75, 3.05) is 25.5 Å². The summed E-state index contributed by atoms with van der Waals surface area (Å²) in [5.41, 5.74) is 4.52. The summed E-state index contributed by atoms with van der Waals surface area (Å²) >= 11 is 0. The summed E-state index contributed by atoms with van der Waals surface area (Å²) in [6.45, 7) is 2.60. The average molecular weight is 381 g/mol. The summed E-state index contributed by atoms with van der Waals surface area (Å²) in [6.07, 6.45) is 4.00. The first-order valence-electron chi connectivity index (χ1n) is 10.1. The van der Waals surface area contributed by atoms with Crippen LogP contribution in [0.5, 0.6) is 0 Å². The van der Waals surface area contributed by atoms with Gasteiger partial charge in [0.2, 0.25) is 0 Å². The zero-order chi connectivity index (χ0) is 19.9. The number of hydrogen-bond donors (Lipinski definition) is 3. The molecule has 0 aliphatic heterocycles. The summed E-state index contributed by atoms with van der Waals surface area (Å²) in [5, 5.41) is 6.12. The van der Waals surface area contributed by atoms with Crippen LogP contribution in [0.4, 0.5) is 5.69 Å². The van der Waals surface area contributed by atoms with E-state index in [0.29, 0.717) is 0 Å². The third-order valence-corrected chi connectivity index (χ3v) is 5.30. The number of fused-ring (bicyclic) bond motifs is 1. The van der Waals surface area contributed by atoms with E-state index in [4.69, 9.17) is 0 Å². The fraction of sp³-hybridized carbons (Fsp3) is 0.391. The zero-order valence-electron chi connectivity index (χ0n) is 16.8. The lowest BCUT2D eigenvalue weighted by molar-refractivity contribution is -0.862. The molecule has 148 valence electrons. The van der Waals surface area contributed by atoms with Crippen molar-refractivity contribution < 1.29 is 14.5 Å². The Morgan fingerprint density at radius 3 is 2.57 bits per heavy atom. The molecule has 2 amide bonds. The Morgan fingerprint density at radius 1 is 1.04 bits per heavy atom. The van der Waals surface area contributed by atoms with Gasteiger partial charge in [-0.2, -0.15) is 0 Å². The number of carbonyl (C=O) groups excluding carboxylic acids is 2. The van der Waals surface area contributed by atoms with Crippen molar-refractivity contribution in [1.29, 1.82) is 0 Å². The minimum absolute atomic E-state index is 0.0130. The molecule has 28 heavy (non-hydrogen) atoms. The van der Waals surface area contributed by atoms with Crippen LogP contribution >= 0.6 is 0 Å². The van der Waals surface area contributed by atoms with E-state index in [-0.39, 0.29) is 30.9 Å². The second-order valence-corrected chi connectivity index (χ2v) is 7.58. The lowest BCUT2D eigenvalue weighted by Gasteiger charge is -2.26. The van der Waals surface area contributed by atoms with E-state index in [2.05, 4.69) is 35.8 Å². The van der Waals surface area contributed by atoms with Crippen molar-refractivity contribution in [2.24, 2.45) is 0 Å². The SMILES string of the molecule is CCc1ccccc1NC(=O)C[NH+](C)CC(=O)N[C@H]1CCCc2ccccc21. The Kier molecular flexibility index (Phi) is 6.82. The fourth-order valence-electron chi connectivity index (χ4n) is 3.90. The first-order valence-corrected chi connectivity index (χ1v) is 10.1. The number of quaternary nitrogens is 1. The number of likely N-dealkylation sites (N-methyl/N-ethyl adjacent to an activating group) is 1. The molecule has 0 aromatic heterocycles. The molecule has 0 bridgehead atoms. The third-order valence-electron chi connectivity index (χ3n) is 5.30. The normalized spacial score (nSPS) is 16.7. The molecule has 3 N–H and O–H groups in total. The summed E-state index contributed by atoms with van der Waals surface area (Å²) < 4.78 is 0. The molecule has 0 radical (unpaired) electrons. The molecule has 0 saturated heterocycles. The molecule has 2 aromatic carbocycles. The molecule has 0 heterocycles. The Labute approximate surface area is 167 Å². The van der Waals surface area contributed by atoms with Gasteiger partial charge < -0.3 is 15.5 Å². The molecule has 1 aliphatic rings. The fourth-order valence-corrected chi connectivity index (χ4v) is 3.90. The van der Waals surface area contributed by atoms with Crippen LogP contribution in [0.3, 0.4) is 0 Å². The van der Waals surface area contributed by atoms with E-state index in [1.54, 1.807) is 0 Å². The number of anilines is 1. The summed E-state index contributed by atoms with van der Waals surface area (Å²) in [6, 6.07) is 16.2. The second kappa shape index (κ2) is 9.51. The zero-order valence-corrected chi connectivity index (χ0v) is 16.8. The molecule has 1 aliphatic carbocycles. The molecule has 1 unspecified atom stereocenters. The molecule has 5 nitrogen and oxygen atoms in total. The predicted molar refractivity (Wildman–Crippen MR) is 111 cm³/mol. The maximum Gasteiger partial charge on any atom is 0.279 e. The molecule has 2 aromatic rings. The van der Waals surface area contributed by atoms with Gasteiger partial charge >= 0.3 is 0 Å². The smallest absolute Gasteiger partial charge is 0.279 e. The van der Waals surface area contributed by atoms with Gasteiger partial charge in [0, 0.05) is 5.69 Å². The van der Waals surface area contributed by atoms with Gasteiger partial charge in [-0.05, 0) is 48.4 Å². The first kappa shape index (κ1) is 20.1. The number of para-hydroxylation sites is 1. The van der Waals surface area contributed by atoms with Gasteiger partial charge in [-0.15, -0.1) is 0 Å². The van der Waals surface area contributed by atoms with E-state index in [9.17, 15) is 9.59 Å². The van der Waals surface area contributed by atoms with E-state index >= 15 is 0 Å². The summed E-state index contributed by atoms with van der Waals surface area (Å²) in [4.78, 5) is 25.7. The van der Waals surface area contributed by atoms with E-state index in [0.717, 1.165) is 41.8 Å². The van der Waals surface area contributed by atoms with Gasteiger partial charge in [-0.25, -0.2) is 0 Å². The van der Waals surface area contributed by atoms with Gasteiger partial charge in [-0.3, -0.25) is 9.59 Å². The molecule has 3 rings (SSSR count). The van der Waals surface area contributed by atoms with Crippen molar-refractivity contribution >= 4 is 17.5 Å². The Bertz CT molecular complexity index is 834. The number of amides is 2. The highest BCUT2D eigenvalue weighted by Crippen LogP contribution is 2.29. The minimum Gasteiger partial charge on any atom is -0.344 e. The number of benzene rings is 2. The molecule has 0 saturated carbocycles. The second-order valence-electron chi connectivity index (χ2n) is 7.58. The average Bonchev–Trinajstić information content (AvgIpc) is 2.68. The maximum atomic E-state index is 12.5. The molecule has 5 heteroatoms. The van der Waals surface area contributed by atoms with Crippen LogP contribution < -0.4 is 15.5 Å². The summed E-state index contributed by atoms with van der Waals surface area (Å²) in [5.74, 6) is -0.0878. The topological polar surface area (TPSA) is 62.6 Å². The maximum absolute atomic E-state index is 12.5. The largest absolute Gasteiger partial charge is 0.344 e. The Balaban J connectivity index is 1.50. The highest BCUT2D eigenvalue weighted by molar-refractivity contribution is 5.92. The number of nitrogens with one attached hydrogen (secondary N) is 3. The minimum atomic E-state index is -0.0748. The van der Waals surface area contributed by atoms with Crippen LogP contribution in [-0.4, -0.2) is 32.0 Å². The molecule has 0 fully saturated rings. The van der Waals surface area contributed by atoms with E-state index in [1.165, 1.54) is 11.1 Å². The number of aryl methyl sites for hydroxylation is 2. The quantitative estimate of drug-likeness (QED) is 0.687. The Morgan fingerprint density at radius 2 is 1.75 bits per heavy atom. The predicted octanol–water partition coefficient (Wildman–Crippen LogP) is 1.90. The van der Waals surface area contributed by atoms with E-state index < -0.39 is 0 Å². The number of rotatable bonds is 7. The van der Waals surface area contributed by atoms with Gasteiger partial charge in [0.25, 0.3) is 11.8 Å². The van der Waals surface area contributed by atoms with Gasteiger partial charge in [0.05, 0.1) is 13.1 Å². The first-order chi connectivity index (χ1) is 13.6. The lowest BCUT2D eigenvalue weighted by Crippen LogP contribution is -3.11. The monoisotopic (exact) mass is 380 g/mol. The summed E-state index contributed by atoms with van der Waals surface area (Å²) in [7, 11) is 1.87. The molecular weight excluding hydrogens is 350 g/mol. The number of hydrogen-bond acceptors (Lipinski definition) is 2. The van der Waals surface area contributed by atoms with Crippen molar-refractivity contribution in [3.8, 4) is 0 Å². The number of carbonyl (C=O) groups is 2. The molecule has 2 atom stereocenters. The van der Waals surface area contributed by atoms with Crippen LogP contribution in [0.1, 0.15) is 42.5 Å². The Hall–Kier alpha value is -2.66. The van der Waals surface area contributed by atoms with E-state index in [1.807, 2.05) is 37.4 Å². The van der Waals surface area contributed by atoms with Gasteiger partial charge in [-0.1, -0.05) is 49.4 Å². The van der Waals surface area contributed by atoms with Crippen molar-refractivity contribution in [1.82, 2.24) is 5.32 Å². The van der Waals surface area contributed by atoms with Crippen LogP contribution in [0.25, 0.3) is 0 Å². The van der Waals surface area contributed by atoms with Crippen LogP contribution in [-0.2, 0) is 22.4 Å². The standard InChI is InChI=1S/C23H29N3O2/c1-3-17-9-5-7-13-20(17)24-22(27)15-26(2)16-23(28)25-21-14-8-11-18-10-4-6-12-19(18)21/h4-7,9-10,12-13,21H,3,8,11,14-16H2,1-2H3,(H,24,27)(H,25,28)/p+1/t21-/m0/s1. The van der Waals surface area contributed by atoms with Crippen LogP contribution in [0, 0.1) is 0 Å². The van der Waals surface area contributed by atoms with Gasteiger partial charge in [0.1, 0.15) is 0 Å².